The molecule has 0 atom stereocenters. The van der Waals surface area contributed by atoms with Crippen molar-refractivity contribution in [3.63, 3.8) is 0 Å². The molecule has 0 heterocycles. The summed E-state index contributed by atoms with van der Waals surface area (Å²) < 4.78 is 31.8. The topological polar surface area (TPSA) is 55.4 Å². The molecule has 0 radical (unpaired) electrons. The van der Waals surface area contributed by atoms with Crippen molar-refractivity contribution in [1.29, 1.82) is 0 Å². The summed E-state index contributed by atoms with van der Waals surface area (Å²) in [5.74, 6) is 0.669. The lowest BCUT2D eigenvalue weighted by molar-refractivity contribution is 0.340. The molecular weight excluding hydrogens is 238 g/mol. The van der Waals surface area contributed by atoms with Crippen molar-refractivity contribution in [1.82, 2.24) is 4.72 Å². The molecule has 17 heavy (non-hydrogen) atoms. The smallest absolute Gasteiger partial charge is 0.241 e. The van der Waals surface area contributed by atoms with Gasteiger partial charge in [-0.1, -0.05) is 0 Å². The second-order valence-corrected chi connectivity index (χ2v) is 6.44. The molecule has 0 saturated heterocycles. The minimum Gasteiger partial charge on any atom is -0.494 e. The van der Waals surface area contributed by atoms with Gasteiger partial charge in [-0.25, -0.2) is 13.1 Å². The Morgan fingerprint density at radius 3 is 2.12 bits per heavy atom. The summed E-state index contributed by atoms with van der Waals surface area (Å²) in [6, 6.07) is 6.39. The van der Waals surface area contributed by atoms with Crippen molar-refractivity contribution in [2.45, 2.75) is 38.1 Å². The van der Waals surface area contributed by atoms with Gasteiger partial charge in [-0.05, 0) is 52.0 Å². The van der Waals surface area contributed by atoms with E-state index in [1.54, 1.807) is 45.0 Å². The Morgan fingerprint density at radius 2 is 1.71 bits per heavy atom. The van der Waals surface area contributed by atoms with Crippen LogP contribution in [0.15, 0.2) is 29.2 Å². The normalized spacial score (nSPS) is 12.5. The van der Waals surface area contributed by atoms with Crippen LogP contribution in [0.2, 0.25) is 0 Å². The number of nitrogens with one attached hydrogen (secondary N) is 1. The van der Waals surface area contributed by atoms with Crippen LogP contribution in [0.1, 0.15) is 27.7 Å². The summed E-state index contributed by atoms with van der Waals surface area (Å²) >= 11 is 0. The molecule has 1 aromatic rings. The predicted molar refractivity (Wildman–Crippen MR) is 67.7 cm³/mol. The van der Waals surface area contributed by atoms with Crippen LogP contribution < -0.4 is 9.46 Å². The Kier molecular flexibility index (Phi) is 4.16. The third-order valence-electron chi connectivity index (χ3n) is 1.89. The fourth-order valence-electron chi connectivity index (χ4n) is 1.34. The van der Waals surface area contributed by atoms with Crippen LogP contribution in [-0.2, 0) is 10.0 Å². The highest BCUT2D eigenvalue weighted by Crippen LogP contribution is 2.17. The van der Waals surface area contributed by atoms with E-state index in [-0.39, 0.29) is 4.90 Å². The summed E-state index contributed by atoms with van der Waals surface area (Å²) in [6.45, 7) is 7.86. The van der Waals surface area contributed by atoms with Gasteiger partial charge in [0, 0.05) is 5.54 Å². The Hall–Kier alpha value is -1.07. The van der Waals surface area contributed by atoms with E-state index in [4.69, 9.17) is 4.74 Å². The summed E-state index contributed by atoms with van der Waals surface area (Å²) in [4.78, 5) is 0.246. The predicted octanol–water partition coefficient (Wildman–Crippen LogP) is 2.16. The first-order valence-corrected chi connectivity index (χ1v) is 7.00. The standard InChI is InChI=1S/C12H19NO3S/c1-5-16-10-6-8-11(9-7-10)17(14,15)13-12(2,3)4/h6-9,13H,5H2,1-4H3. The monoisotopic (exact) mass is 257 g/mol. The molecule has 0 amide bonds. The summed E-state index contributed by atoms with van der Waals surface area (Å²) in [5.41, 5.74) is -0.489. The molecule has 5 heteroatoms. The van der Waals surface area contributed by atoms with Gasteiger partial charge in [0.15, 0.2) is 0 Å². The van der Waals surface area contributed by atoms with E-state index in [2.05, 4.69) is 4.72 Å². The maximum Gasteiger partial charge on any atom is 0.241 e. The van der Waals surface area contributed by atoms with Gasteiger partial charge in [0.1, 0.15) is 5.75 Å². The van der Waals surface area contributed by atoms with Gasteiger partial charge in [0.2, 0.25) is 10.0 Å². The number of sulfonamides is 1. The van der Waals surface area contributed by atoms with Crippen molar-refractivity contribution >= 4 is 10.0 Å². The maximum atomic E-state index is 12.0. The van der Waals surface area contributed by atoms with Gasteiger partial charge in [-0.3, -0.25) is 0 Å². The lowest BCUT2D eigenvalue weighted by Crippen LogP contribution is -2.40. The van der Waals surface area contributed by atoms with Crippen LogP contribution >= 0.6 is 0 Å². The maximum absolute atomic E-state index is 12.0. The molecule has 1 aromatic carbocycles. The SMILES string of the molecule is CCOc1ccc(S(=O)(=O)NC(C)(C)C)cc1. The molecule has 96 valence electrons. The largest absolute Gasteiger partial charge is 0.494 e. The molecule has 1 rings (SSSR count). The first kappa shape index (κ1) is 14.0. The van der Waals surface area contributed by atoms with Crippen LogP contribution in [0.3, 0.4) is 0 Å². The molecular formula is C12H19NO3S. The van der Waals surface area contributed by atoms with Crippen LogP contribution in [0.5, 0.6) is 5.75 Å². The molecule has 0 unspecified atom stereocenters. The van der Waals surface area contributed by atoms with Crippen LogP contribution in [0.4, 0.5) is 0 Å². The number of ether oxygens (including phenoxy) is 1. The molecule has 1 N–H and O–H groups in total. The Balaban J connectivity index is 2.93. The number of hydrogen-bond donors (Lipinski definition) is 1. The van der Waals surface area contributed by atoms with E-state index >= 15 is 0 Å². The lowest BCUT2D eigenvalue weighted by Gasteiger charge is -2.20. The van der Waals surface area contributed by atoms with Gasteiger partial charge in [0.25, 0.3) is 0 Å². The number of rotatable bonds is 4. The minimum absolute atomic E-state index is 0.246. The van der Waals surface area contributed by atoms with Crippen LogP contribution in [0, 0.1) is 0 Å². The highest BCUT2D eigenvalue weighted by molar-refractivity contribution is 7.89. The van der Waals surface area contributed by atoms with Gasteiger partial charge in [-0.2, -0.15) is 0 Å². The second kappa shape index (κ2) is 5.06. The number of benzene rings is 1. The third-order valence-corrected chi connectivity index (χ3v) is 3.66. The van der Waals surface area contributed by atoms with Crippen molar-refractivity contribution in [2.24, 2.45) is 0 Å². The Labute approximate surface area is 103 Å². The first-order chi connectivity index (χ1) is 7.74. The fraction of sp³-hybridized carbons (Fsp3) is 0.500. The molecule has 0 saturated carbocycles. The molecule has 0 aliphatic heterocycles. The zero-order valence-electron chi connectivity index (χ0n) is 10.6. The second-order valence-electron chi connectivity index (χ2n) is 4.76. The summed E-state index contributed by atoms with van der Waals surface area (Å²) in [7, 11) is -3.46. The minimum atomic E-state index is -3.46. The lowest BCUT2D eigenvalue weighted by atomic mass is 10.1. The Bertz CT molecular complexity index is 458. The molecule has 0 bridgehead atoms. The molecule has 0 aliphatic carbocycles. The molecule has 4 nitrogen and oxygen atoms in total. The molecule has 0 spiro atoms. The van der Waals surface area contributed by atoms with Gasteiger partial charge < -0.3 is 4.74 Å². The molecule has 0 aromatic heterocycles. The number of hydrogen-bond acceptors (Lipinski definition) is 3. The van der Waals surface area contributed by atoms with E-state index < -0.39 is 15.6 Å². The van der Waals surface area contributed by atoms with E-state index in [1.165, 1.54) is 0 Å². The quantitative estimate of drug-likeness (QED) is 0.899. The van der Waals surface area contributed by atoms with E-state index in [0.29, 0.717) is 12.4 Å². The van der Waals surface area contributed by atoms with Crippen molar-refractivity contribution in [3.8, 4) is 5.75 Å². The highest BCUT2D eigenvalue weighted by atomic mass is 32.2. The first-order valence-electron chi connectivity index (χ1n) is 5.51. The zero-order valence-corrected chi connectivity index (χ0v) is 11.5. The van der Waals surface area contributed by atoms with Crippen molar-refractivity contribution in [2.75, 3.05) is 6.61 Å². The van der Waals surface area contributed by atoms with E-state index in [9.17, 15) is 8.42 Å². The molecule has 0 fully saturated rings. The summed E-state index contributed by atoms with van der Waals surface area (Å²) in [5, 5.41) is 0. The average Bonchev–Trinajstić information content (AvgIpc) is 2.15. The van der Waals surface area contributed by atoms with E-state index in [0.717, 1.165) is 0 Å². The third kappa shape index (κ3) is 4.36. The fourth-order valence-corrected chi connectivity index (χ4v) is 2.76. The van der Waals surface area contributed by atoms with Gasteiger partial charge in [-0.15, -0.1) is 0 Å². The summed E-state index contributed by atoms with van der Waals surface area (Å²) in [6.07, 6.45) is 0. The van der Waals surface area contributed by atoms with Crippen molar-refractivity contribution in [3.05, 3.63) is 24.3 Å². The molecule has 0 aliphatic rings. The Morgan fingerprint density at radius 1 is 1.18 bits per heavy atom. The van der Waals surface area contributed by atoms with E-state index in [1.807, 2.05) is 6.92 Å². The van der Waals surface area contributed by atoms with Crippen LogP contribution in [-0.4, -0.2) is 20.6 Å². The highest BCUT2D eigenvalue weighted by Gasteiger charge is 2.21. The zero-order chi connectivity index (χ0) is 13.1. The average molecular weight is 257 g/mol. The van der Waals surface area contributed by atoms with Crippen molar-refractivity contribution < 1.29 is 13.2 Å². The van der Waals surface area contributed by atoms with Gasteiger partial charge >= 0.3 is 0 Å². The van der Waals surface area contributed by atoms with Gasteiger partial charge in [0.05, 0.1) is 11.5 Å². The van der Waals surface area contributed by atoms with Crippen LogP contribution in [0.25, 0.3) is 0 Å².